The summed E-state index contributed by atoms with van der Waals surface area (Å²) in [6.45, 7) is 0.398. The first-order valence-corrected chi connectivity index (χ1v) is 12.9. The molecule has 0 unspecified atom stereocenters. The third-order valence-corrected chi connectivity index (χ3v) is 8.28. The Morgan fingerprint density at radius 2 is 1.83 bits per heavy atom. The van der Waals surface area contributed by atoms with Gasteiger partial charge in [0, 0.05) is 13.1 Å². The van der Waals surface area contributed by atoms with Crippen molar-refractivity contribution in [3.05, 3.63) is 96.1 Å². The first-order valence-electron chi connectivity index (χ1n) is 11.5. The van der Waals surface area contributed by atoms with E-state index in [2.05, 4.69) is 15.3 Å². The number of amides is 1. The van der Waals surface area contributed by atoms with E-state index in [0.717, 1.165) is 34.3 Å². The molecular formula is C26H25FN4O3S. The van der Waals surface area contributed by atoms with Crippen molar-refractivity contribution in [1.29, 1.82) is 0 Å². The van der Waals surface area contributed by atoms with E-state index in [4.69, 9.17) is 0 Å². The van der Waals surface area contributed by atoms with Crippen LogP contribution in [0.3, 0.4) is 0 Å². The second kappa shape index (κ2) is 9.59. The van der Waals surface area contributed by atoms with Crippen molar-refractivity contribution in [2.24, 2.45) is 5.92 Å². The molecule has 9 heteroatoms. The Balaban J connectivity index is 1.38. The fraction of sp³-hybridized carbons (Fsp3) is 0.231. The minimum absolute atomic E-state index is 0.0231. The molecule has 1 aliphatic heterocycles. The van der Waals surface area contributed by atoms with Crippen molar-refractivity contribution < 1.29 is 17.6 Å². The summed E-state index contributed by atoms with van der Waals surface area (Å²) in [5.41, 5.74) is 3.52. The zero-order valence-corrected chi connectivity index (χ0v) is 19.7. The van der Waals surface area contributed by atoms with Gasteiger partial charge in [-0.1, -0.05) is 36.4 Å². The van der Waals surface area contributed by atoms with Crippen LogP contribution in [0, 0.1) is 11.7 Å². The highest BCUT2D eigenvalue weighted by Crippen LogP contribution is 2.28. The zero-order valence-electron chi connectivity index (χ0n) is 18.9. The minimum Gasteiger partial charge on any atom is -0.345 e. The van der Waals surface area contributed by atoms with Crippen LogP contribution in [0.2, 0.25) is 0 Å². The highest BCUT2D eigenvalue weighted by molar-refractivity contribution is 7.89. The highest BCUT2D eigenvalue weighted by atomic mass is 32.2. The molecule has 1 aromatic heterocycles. The molecule has 3 aromatic carbocycles. The fourth-order valence-electron chi connectivity index (χ4n) is 4.53. The number of fused-ring (bicyclic) bond motifs is 1. The second-order valence-corrected chi connectivity index (χ2v) is 10.6. The van der Waals surface area contributed by atoms with Gasteiger partial charge in [0.05, 0.1) is 34.2 Å². The van der Waals surface area contributed by atoms with Crippen LogP contribution >= 0.6 is 0 Å². The number of sulfonamides is 1. The summed E-state index contributed by atoms with van der Waals surface area (Å²) in [5, 5.41) is 3.15. The van der Waals surface area contributed by atoms with Gasteiger partial charge in [-0.3, -0.25) is 4.79 Å². The summed E-state index contributed by atoms with van der Waals surface area (Å²) < 4.78 is 40.8. The van der Waals surface area contributed by atoms with Crippen LogP contribution < -0.4 is 5.32 Å². The molecule has 0 saturated carbocycles. The first-order chi connectivity index (χ1) is 16.9. The average Bonchev–Trinajstić information content (AvgIpc) is 3.36. The molecule has 1 saturated heterocycles. The van der Waals surface area contributed by atoms with Crippen LogP contribution in [-0.4, -0.2) is 41.7 Å². The Labute approximate surface area is 203 Å². The largest absolute Gasteiger partial charge is 0.345 e. The van der Waals surface area contributed by atoms with Crippen LogP contribution in [0.25, 0.3) is 11.0 Å². The number of aromatic nitrogens is 2. The SMILES string of the molecule is O=C(N[C@@H](c1ccccc1)c1ccc2nc[nH]c2c1)[C@@H]1CCCN(S(=O)(=O)c2ccc(F)cc2)C1. The number of benzene rings is 3. The Morgan fingerprint density at radius 1 is 1.06 bits per heavy atom. The van der Waals surface area contributed by atoms with Gasteiger partial charge in [0.2, 0.25) is 15.9 Å². The number of H-pyrrole nitrogens is 1. The molecule has 2 heterocycles. The number of rotatable bonds is 6. The standard InChI is InChI=1S/C26H25FN4O3S/c27-21-9-11-22(12-10-21)35(33,34)31-14-4-7-20(16-31)26(32)30-25(18-5-2-1-3-6-18)19-8-13-23-24(15-19)29-17-28-23/h1-3,5-6,8-13,15,17,20,25H,4,7,14,16H2,(H,28,29)(H,30,32)/t20-,25+/m1/s1. The van der Waals surface area contributed by atoms with Gasteiger partial charge in [0.25, 0.3) is 0 Å². The van der Waals surface area contributed by atoms with Gasteiger partial charge in [-0.15, -0.1) is 0 Å². The summed E-state index contributed by atoms with van der Waals surface area (Å²) in [6, 6.07) is 19.8. The number of carbonyl (C=O) groups excluding carboxylic acids is 1. The van der Waals surface area contributed by atoms with E-state index in [1.807, 2.05) is 48.5 Å². The molecular weight excluding hydrogens is 467 g/mol. The molecule has 2 N–H and O–H groups in total. The van der Waals surface area contributed by atoms with Crippen molar-refractivity contribution >= 4 is 27.0 Å². The Hall–Kier alpha value is -3.56. The van der Waals surface area contributed by atoms with E-state index in [-0.39, 0.29) is 17.3 Å². The number of hydrogen-bond acceptors (Lipinski definition) is 4. The molecule has 7 nitrogen and oxygen atoms in total. The average molecular weight is 493 g/mol. The van der Waals surface area contributed by atoms with Crippen LogP contribution in [0.1, 0.15) is 30.0 Å². The number of aromatic amines is 1. The predicted octanol–water partition coefficient (Wildman–Crippen LogP) is 4.01. The Morgan fingerprint density at radius 3 is 2.60 bits per heavy atom. The second-order valence-electron chi connectivity index (χ2n) is 8.69. The maximum atomic E-state index is 13.4. The van der Waals surface area contributed by atoms with Gasteiger partial charge in [-0.2, -0.15) is 4.31 Å². The van der Waals surface area contributed by atoms with Crippen molar-refractivity contribution in [3.63, 3.8) is 0 Å². The van der Waals surface area contributed by atoms with E-state index in [1.54, 1.807) is 6.33 Å². The molecule has 0 radical (unpaired) electrons. The number of piperidine rings is 1. The normalized spacial score (nSPS) is 17.8. The summed E-state index contributed by atoms with van der Waals surface area (Å²) >= 11 is 0. The monoisotopic (exact) mass is 492 g/mol. The number of imidazole rings is 1. The Bertz CT molecular complexity index is 1440. The van der Waals surface area contributed by atoms with Gasteiger partial charge >= 0.3 is 0 Å². The van der Waals surface area contributed by atoms with E-state index in [1.165, 1.54) is 16.4 Å². The van der Waals surface area contributed by atoms with Gasteiger partial charge in [0.15, 0.2) is 0 Å². The molecule has 5 rings (SSSR count). The van der Waals surface area contributed by atoms with Crippen molar-refractivity contribution in [2.75, 3.05) is 13.1 Å². The van der Waals surface area contributed by atoms with E-state index in [9.17, 15) is 17.6 Å². The summed E-state index contributed by atoms with van der Waals surface area (Å²) in [5.74, 6) is -1.20. The minimum atomic E-state index is -3.82. The van der Waals surface area contributed by atoms with Gasteiger partial charge in [0.1, 0.15) is 5.82 Å². The molecule has 1 aliphatic rings. The highest BCUT2D eigenvalue weighted by Gasteiger charge is 2.34. The first kappa shape index (κ1) is 23.2. The topological polar surface area (TPSA) is 95.2 Å². The summed E-state index contributed by atoms with van der Waals surface area (Å²) in [6.07, 6.45) is 2.78. The van der Waals surface area contributed by atoms with Crippen LogP contribution in [0.4, 0.5) is 4.39 Å². The Kier molecular flexibility index (Phi) is 6.36. The predicted molar refractivity (Wildman–Crippen MR) is 130 cm³/mol. The maximum absolute atomic E-state index is 13.4. The lowest BCUT2D eigenvalue weighted by atomic mass is 9.95. The quantitative estimate of drug-likeness (QED) is 0.425. The van der Waals surface area contributed by atoms with Gasteiger partial charge in [-0.25, -0.2) is 17.8 Å². The van der Waals surface area contributed by atoms with Crippen LogP contribution in [-0.2, 0) is 14.8 Å². The number of carbonyl (C=O) groups is 1. The molecule has 1 amide bonds. The van der Waals surface area contributed by atoms with Crippen molar-refractivity contribution in [1.82, 2.24) is 19.6 Å². The number of nitrogens with zero attached hydrogens (tertiary/aromatic N) is 2. The van der Waals surface area contributed by atoms with E-state index in [0.29, 0.717) is 19.4 Å². The molecule has 4 aromatic rings. The fourth-order valence-corrected chi connectivity index (χ4v) is 6.05. The smallest absolute Gasteiger partial charge is 0.243 e. The summed E-state index contributed by atoms with van der Waals surface area (Å²) in [4.78, 5) is 20.8. The van der Waals surface area contributed by atoms with Gasteiger partial charge in [-0.05, 0) is 60.4 Å². The number of nitrogens with one attached hydrogen (secondary N) is 2. The van der Waals surface area contributed by atoms with Crippen molar-refractivity contribution in [2.45, 2.75) is 23.8 Å². The molecule has 1 fully saturated rings. The lowest BCUT2D eigenvalue weighted by molar-refractivity contribution is -0.126. The van der Waals surface area contributed by atoms with Crippen LogP contribution in [0.15, 0.2) is 84.0 Å². The zero-order chi connectivity index (χ0) is 24.4. The molecule has 0 spiro atoms. The molecule has 180 valence electrons. The molecule has 0 bridgehead atoms. The third kappa shape index (κ3) is 4.82. The molecule has 35 heavy (non-hydrogen) atoms. The molecule has 0 aliphatic carbocycles. The lowest BCUT2D eigenvalue weighted by Crippen LogP contribution is -2.46. The van der Waals surface area contributed by atoms with Gasteiger partial charge < -0.3 is 10.3 Å². The lowest BCUT2D eigenvalue weighted by Gasteiger charge is -2.32. The molecule has 2 atom stereocenters. The summed E-state index contributed by atoms with van der Waals surface area (Å²) in [7, 11) is -3.82. The van der Waals surface area contributed by atoms with E-state index < -0.39 is 27.8 Å². The maximum Gasteiger partial charge on any atom is 0.243 e. The van der Waals surface area contributed by atoms with Crippen molar-refractivity contribution in [3.8, 4) is 0 Å². The number of hydrogen-bond donors (Lipinski definition) is 2. The third-order valence-electron chi connectivity index (χ3n) is 6.40. The number of halogens is 1. The van der Waals surface area contributed by atoms with E-state index >= 15 is 0 Å². The van der Waals surface area contributed by atoms with Crippen LogP contribution in [0.5, 0.6) is 0 Å².